The SMILES string of the molecule is Cc1ccc(F)c(C(=O)N2CCC3(CCN(C(=O)c4ccc(S(C)(=O)=O)s4)C3)CC2)c1F. The van der Waals surface area contributed by atoms with Gasteiger partial charge in [-0.3, -0.25) is 9.59 Å². The molecule has 10 heteroatoms. The highest BCUT2D eigenvalue weighted by atomic mass is 32.2. The molecule has 172 valence electrons. The van der Waals surface area contributed by atoms with E-state index in [0.717, 1.165) is 30.1 Å². The third kappa shape index (κ3) is 4.17. The van der Waals surface area contributed by atoms with Gasteiger partial charge in [-0.2, -0.15) is 0 Å². The van der Waals surface area contributed by atoms with Gasteiger partial charge in [-0.1, -0.05) is 6.07 Å². The zero-order chi connectivity index (χ0) is 23.3. The molecular weight excluding hydrogens is 458 g/mol. The van der Waals surface area contributed by atoms with Crippen LogP contribution in [0.15, 0.2) is 28.5 Å². The minimum absolute atomic E-state index is 0.146. The standard InChI is InChI=1S/C22H24F2N2O4S2/c1-14-3-4-15(23)18(19(14)24)21(28)25-10-7-22(8-11-25)9-12-26(13-22)20(27)16-5-6-17(31-16)32(2,29)30/h3-6H,7-13H2,1-2H3. The van der Waals surface area contributed by atoms with Crippen LogP contribution in [0.2, 0.25) is 0 Å². The Hall–Kier alpha value is -2.33. The molecule has 2 saturated heterocycles. The van der Waals surface area contributed by atoms with Gasteiger partial charge in [0.2, 0.25) is 0 Å². The topological polar surface area (TPSA) is 74.8 Å². The average molecular weight is 483 g/mol. The molecular formula is C22H24F2N2O4S2. The summed E-state index contributed by atoms with van der Waals surface area (Å²) in [6.45, 7) is 3.30. The smallest absolute Gasteiger partial charge is 0.263 e. The fourth-order valence-corrected chi connectivity index (χ4v) is 6.40. The Morgan fingerprint density at radius 1 is 0.969 bits per heavy atom. The lowest BCUT2D eigenvalue weighted by Crippen LogP contribution is -2.45. The van der Waals surface area contributed by atoms with Gasteiger partial charge in [-0.15, -0.1) is 11.3 Å². The number of piperidine rings is 1. The maximum Gasteiger partial charge on any atom is 0.263 e. The third-order valence-corrected chi connectivity index (χ3v) is 9.39. The van der Waals surface area contributed by atoms with E-state index in [-0.39, 0.29) is 21.1 Å². The Balaban J connectivity index is 1.41. The van der Waals surface area contributed by atoms with Gasteiger partial charge >= 0.3 is 0 Å². The molecule has 32 heavy (non-hydrogen) atoms. The average Bonchev–Trinajstić information content (AvgIpc) is 3.39. The van der Waals surface area contributed by atoms with E-state index >= 15 is 0 Å². The van der Waals surface area contributed by atoms with Gasteiger partial charge in [0.25, 0.3) is 11.8 Å². The van der Waals surface area contributed by atoms with Gasteiger partial charge in [0.15, 0.2) is 9.84 Å². The van der Waals surface area contributed by atoms with E-state index in [2.05, 4.69) is 0 Å². The molecule has 2 fully saturated rings. The molecule has 2 aliphatic heterocycles. The van der Waals surface area contributed by atoms with Gasteiger partial charge in [-0.05, 0) is 55.4 Å². The molecule has 2 aliphatic rings. The predicted octanol–water partition coefficient (Wildman–Crippen LogP) is 3.51. The van der Waals surface area contributed by atoms with Crippen molar-refractivity contribution < 1.29 is 26.8 Å². The lowest BCUT2D eigenvalue weighted by atomic mass is 9.77. The molecule has 0 radical (unpaired) electrons. The molecule has 4 rings (SSSR count). The number of thiophene rings is 1. The largest absolute Gasteiger partial charge is 0.338 e. The van der Waals surface area contributed by atoms with Crippen molar-refractivity contribution in [1.29, 1.82) is 0 Å². The minimum Gasteiger partial charge on any atom is -0.338 e. The Kier molecular flexibility index (Phi) is 5.87. The number of hydrogen-bond acceptors (Lipinski definition) is 5. The second-order valence-corrected chi connectivity index (χ2v) is 12.0. The highest BCUT2D eigenvalue weighted by Crippen LogP contribution is 2.41. The summed E-state index contributed by atoms with van der Waals surface area (Å²) in [5.74, 6) is -2.52. The second kappa shape index (κ2) is 8.22. The van der Waals surface area contributed by atoms with Crippen LogP contribution >= 0.6 is 11.3 Å². The lowest BCUT2D eigenvalue weighted by molar-refractivity contribution is 0.0558. The van der Waals surface area contributed by atoms with E-state index in [0.29, 0.717) is 43.9 Å². The van der Waals surface area contributed by atoms with Crippen LogP contribution in [0.3, 0.4) is 0 Å². The van der Waals surface area contributed by atoms with Gasteiger partial charge in [0, 0.05) is 32.4 Å². The van der Waals surface area contributed by atoms with Crippen molar-refractivity contribution in [3.05, 3.63) is 51.9 Å². The molecule has 0 N–H and O–H groups in total. The van der Waals surface area contributed by atoms with Crippen molar-refractivity contribution >= 4 is 33.0 Å². The van der Waals surface area contributed by atoms with Crippen molar-refractivity contribution in [3.8, 4) is 0 Å². The van der Waals surface area contributed by atoms with Crippen molar-refractivity contribution in [1.82, 2.24) is 9.80 Å². The number of halogens is 2. The monoisotopic (exact) mass is 482 g/mol. The van der Waals surface area contributed by atoms with Crippen LogP contribution in [-0.2, 0) is 9.84 Å². The first kappa shape index (κ1) is 22.8. The molecule has 3 heterocycles. The fourth-order valence-electron chi connectivity index (χ4n) is 4.50. The predicted molar refractivity (Wildman–Crippen MR) is 117 cm³/mol. The number of likely N-dealkylation sites (tertiary alicyclic amines) is 2. The molecule has 1 aromatic carbocycles. The first-order valence-corrected chi connectivity index (χ1v) is 13.0. The minimum atomic E-state index is -3.36. The van der Waals surface area contributed by atoms with Crippen LogP contribution in [0.4, 0.5) is 8.78 Å². The molecule has 2 aromatic rings. The number of carbonyl (C=O) groups excluding carboxylic acids is 2. The summed E-state index contributed by atoms with van der Waals surface area (Å²) in [7, 11) is -3.36. The van der Waals surface area contributed by atoms with Crippen LogP contribution in [-0.4, -0.2) is 62.5 Å². The summed E-state index contributed by atoms with van der Waals surface area (Å²) in [5, 5.41) is 0. The summed E-state index contributed by atoms with van der Waals surface area (Å²) in [6.07, 6.45) is 3.16. The second-order valence-electron chi connectivity index (χ2n) is 8.71. The quantitative estimate of drug-likeness (QED) is 0.671. The van der Waals surface area contributed by atoms with E-state index in [9.17, 15) is 26.8 Å². The zero-order valence-corrected chi connectivity index (χ0v) is 19.5. The van der Waals surface area contributed by atoms with Crippen molar-refractivity contribution in [2.45, 2.75) is 30.4 Å². The van der Waals surface area contributed by atoms with Gasteiger partial charge < -0.3 is 9.80 Å². The number of benzene rings is 1. The Morgan fingerprint density at radius 3 is 2.19 bits per heavy atom. The Bertz CT molecular complexity index is 1180. The Labute approximate surface area is 189 Å². The summed E-state index contributed by atoms with van der Waals surface area (Å²) in [5.41, 5.74) is -0.433. The molecule has 0 aliphatic carbocycles. The molecule has 1 aromatic heterocycles. The number of amides is 2. The molecule has 0 atom stereocenters. The van der Waals surface area contributed by atoms with E-state index in [1.807, 2.05) is 0 Å². The number of aryl methyl sites for hydroxylation is 1. The van der Waals surface area contributed by atoms with Crippen LogP contribution < -0.4 is 0 Å². The molecule has 6 nitrogen and oxygen atoms in total. The van der Waals surface area contributed by atoms with Crippen molar-refractivity contribution in [2.24, 2.45) is 5.41 Å². The molecule has 0 bridgehead atoms. The van der Waals surface area contributed by atoms with Crippen molar-refractivity contribution in [3.63, 3.8) is 0 Å². The van der Waals surface area contributed by atoms with Crippen molar-refractivity contribution in [2.75, 3.05) is 32.4 Å². The first-order chi connectivity index (χ1) is 15.0. The van der Waals surface area contributed by atoms with E-state index in [1.165, 1.54) is 24.0 Å². The highest BCUT2D eigenvalue weighted by molar-refractivity contribution is 7.92. The maximum atomic E-state index is 14.4. The normalized spacial score (nSPS) is 18.4. The van der Waals surface area contributed by atoms with Crippen LogP contribution in [0.5, 0.6) is 0 Å². The van der Waals surface area contributed by atoms with Gasteiger partial charge in [-0.25, -0.2) is 17.2 Å². The van der Waals surface area contributed by atoms with E-state index < -0.39 is 32.9 Å². The van der Waals surface area contributed by atoms with Crippen LogP contribution in [0.1, 0.15) is 44.9 Å². The zero-order valence-electron chi connectivity index (χ0n) is 17.9. The summed E-state index contributed by atoms with van der Waals surface area (Å²) < 4.78 is 52.0. The molecule has 0 unspecified atom stereocenters. The van der Waals surface area contributed by atoms with E-state index in [4.69, 9.17) is 0 Å². The summed E-state index contributed by atoms with van der Waals surface area (Å²) >= 11 is 0.972. The van der Waals surface area contributed by atoms with Gasteiger partial charge in [0.05, 0.1) is 4.88 Å². The lowest BCUT2D eigenvalue weighted by Gasteiger charge is -2.39. The van der Waals surface area contributed by atoms with Crippen LogP contribution in [0.25, 0.3) is 0 Å². The fraction of sp³-hybridized carbons (Fsp3) is 0.455. The summed E-state index contributed by atoms with van der Waals surface area (Å²) in [4.78, 5) is 29.2. The summed E-state index contributed by atoms with van der Waals surface area (Å²) in [6, 6.07) is 5.41. The number of hydrogen-bond donors (Lipinski definition) is 0. The third-order valence-electron chi connectivity index (χ3n) is 6.49. The first-order valence-electron chi connectivity index (χ1n) is 10.3. The Morgan fingerprint density at radius 2 is 1.59 bits per heavy atom. The van der Waals surface area contributed by atoms with Crippen LogP contribution in [0, 0.1) is 24.0 Å². The number of sulfone groups is 1. The molecule has 1 spiro atoms. The maximum absolute atomic E-state index is 14.4. The number of nitrogens with zero attached hydrogens (tertiary/aromatic N) is 2. The highest BCUT2D eigenvalue weighted by Gasteiger charge is 2.43. The number of rotatable bonds is 3. The van der Waals surface area contributed by atoms with E-state index in [1.54, 1.807) is 11.0 Å². The number of carbonyl (C=O) groups is 2. The van der Waals surface area contributed by atoms with Gasteiger partial charge in [0.1, 0.15) is 21.4 Å². The molecule has 2 amide bonds. The molecule has 0 saturated carbocycles.